The fourth-order valence-electron chi connectivity index (χ4n) is 9.21. The van der Waals surface area contributed by atoms with E-state index >= 15 is 0 Å². The van der Waals surface area contributed by atoms with Crippen molar-refractivity contribution in [3.05, 3.63) is 56.6 Å². The number of amides is 4. The van der Waals surface area contributed by atoms with Crippen molar-refractivity contribution in [2.45, 2.75) is 140 Å². The van der Waals surface area contributed by atoms with Gasteiger partial charge in [-0.1, -0.05) is 12.1 Å². The van der Waals surface area contributed by atoms with Crippen LogP contribution in [0.5, 0.6) is 5.75 Å². The molecule has 2 unspecified atom stereocenters. The number of primary sulfonamides is 1. The number of fused-ring (bicyclic) bond motifs is 4. The number of benzene rings is 2. The van der Waals surface area contributed by atoms with Gasteiger partial charge in [-0.05, 0) is 162 Å². The van der Waals surface area contributed by atoms with Crippen LogP contribution >= 0.6 is 0 Å². The summed E-state index contributed by atoms with van der Waals surface area (Å²) >= 11 is 0. The van der Waals surface area contributed by atoms with E-state index in [2.05, 4.69) is 22.2 Å². The number of ether oxygens (including phenoxy) is 1. The van der Waals surface area contributed by atoms with E-state index in [-0.39, 0.29) is 24.4 Å². The summed E-state index contributed by atoms with van der Waals surface area (Å²) in [5.41, 5.74) is 11.0. The summed E-state index contributed by atoms with van der Waals surface area (Å²) in [5.74, 6) is 0.106. The number of nitrogens with zero attached hydrogens (tertiary/aromatic N) is 3. The molecule has 4 aliphatic carbocycles. The van der Waals surface area contributed by atoms with Crippen LogP contribution in [0.1, 0.15) is 111 Å². The second-order valence-corrected chi connectivity index (χ2v) is 19.7. The zero-order valence-electron chi connectivity index (χ0n) is 32.8. The van der Waals surface area contributed by atoms with Gasteiger partial charge in [0.25, 0.3) is 6.26 Å². The van der Waals surface area contributed by atoms with Gasteiger partial charge in [0.1, 0.15) is 5.75 Å². The number of hydrogen-bond donors (Lipinski definition) is 3. The molecule has 2 fully saturated rings. The molecule has 2 atom stereocenters. The van der Waals surface area contributed by atoms with E-state index in [1.165, 1.54) is 51.1 Å². The first-order chi connectivity index (χ1) is 26.5. The highest BCUT2D eigenvalue weighted by molar-refractivity contribution is 7.91. The van der Waals surface area contributed by atoms with Crippen LogP contribution in [0.15, 0.2) is 12.1 Å². The molecule has 4 N–H and O–H groups in total. The summed E-state index contributed by atoms with van der Waals surface area (Å²) in [6.07, 6.45) is 15.2. The van der Waals surface area contributed by atoms with Crippen LogP contribution in [0.3, 0.4) is 0 Å². The number of nitrogens with one attached hydrogen (secondary N) is 2. The zero-order chi connectivity index (χ0) is 40.5. The number of nitrogens with two attached hydrogens (primary N) is 1. The second-order valence-electron chi connectivity index (χ2n) is 16.1. The molecule has 8 rings (SSSR count). The maximum absolute atomic E-state index is 12.7. The predicted molar refractivity (Wildman–Crippen MR) is 212 cm³/mol. The number of aryl methyl sites for hydroxylation is 4. The Bertz CT molecular complexity index is 2100. The number of sulfonamides is 2. The Balaban J connectivity index is 0.000000159. The van der Waals surface area contributed by atoms with Crippen LogP contribution in [0.25, 0.3) is 0 Å². The molecule has 0 bridgehead atoms. The quantitative estimate of drug-likeness (QED) is 0.346. The molecule has 16 heteroatoms. The molecular weight excluding hydrogens is 757 g/mol. The Kier molecular flexibility index (Phi) is 12.4. The molecule has 0 saturated carbocycles. The third-order valence-electron chi connectivity index (χ3n) is 11.9. The maximum Gasteiger partial charge on any atom is 0.332 e. The smallest absolute Gasteiger partial charge is 0.332 e. The third kappa shape index (κ3) is 8.55. The van der Waals surface area contributed by atoms with Gasteiger partial charge >= 0.3 is 6.03 Å². The average molecular weight is 811 g/mol. The number of rotatable bonds is 7. The fourth-order valence-corrected chi connectivity index (χ4v) is 11.3. The Morgan fingerprint density at radius 2 is 1.14 bits per heavy atom. The standard InChI is InChI=1S/C20H27N3O4S.C13H13NO.C7H14N2O3S/c1-12(2)23-10-9-17(19(23)24)28(26,27)22-20(25)21-18-15-7-3-5-13(15)11-14-6-4-8-16(14)18;14-8-15-13-11-5-1-3-9(11)7-10-4-2-6-12(10)13;1-5(2)9-4-3-6(7(9)10)13(8,11)12/h11-12,17H,3-10H2,1-2H3,(H2,21,22,25);7H,1-6H2;5-6H,3-4H2,1-2H3,(H2,8,11,12). The normalized spacial score (nSPS) is 20.8. The number of carbonyl (C=O) groups is 3. The van der Waals surface area contributed by atoms with Crippen LogP contribution in [-0.2, 0) is 81.0 Å². The van der Waals surface area contributed by atoms with Gasteiger partial charge in [-0.25, -0.2) is 31.5 Å². The van der Waals surface area contributed by atoms with Gasteiger partial charge in [-0.3, -0.25) is 9.59 Å². The Labute approximate surface area is 330 Å². The van der Waals surface area contributed by atoms with Gasteiger partial charge in [0.05, 0.1) is 0 Å². The molecule has 14 nitrogen and oxygen atoms in total. The lowest BCUT2D eigenvalue weighted by atomic mass is 9.99. The van der Waals surface area contributed by atoms with E-state index in [4.69, 9.17) is 15.1 Å². The third-order valence-corrected chi connectivity index (χ3v) is 14.8. The largest absolute Gasteiger partial charge is 0.387 e. The van der Waals surface area contributed by atoms with Gasteiger partial charge in [-0.2, -0.15) is 0 Å². The van der Waals surface area contributed by atoms with Gasteiger partial charge < -0.3 is 19.9 Å². The molecule has 2 aromatic rings. The zero-order valence-corrected chi connectivity index (χ0v) is 34.4. The van der Waals surface area contributed by atoms with Crippen LogP contribution in [0.4, 0.5) is 10.5 Å². The lowest BCUT2D eigenvalue weighted by Gasteiger charge is -2.21. The first-order valence-corrected chi connectivity index (χ1v) is 23.0. The molecule has 2 heterocycles. The highest BCUT2D eigenvalue weighted by atomic mass is 32.2. The van der Waals surface area contributed by atoms with Crippen molar-refractivity contribution in [1.82, 2.24) is 14.5 Å². The molecule has 2 saturated heterocycles. The molecule has 6 aliphatic rings. The number of likely N-dealkylation sites (tertiary alicyclic amines) is 2. The van der Waals surface area contributed by atoms with Crippen molar-refractivity contribution in [2.24, 2.45) is 5.14 Å². The average Bonchev–Trinajstić information content (AvgIpc) is 3.96. The summed E-state index contributed by atoms with van der Waals surface area (Å²) < 4.78 is 54.5. The molecule has 2 aromatic carbocycles. The van der Waals surface area contributed by atoms with Crippen molar-refractivity contribution in [1.29, 1.82) is 5.26 Å². The molecule has 4 amide bonds. The van der Waals surface area contributed by atoms with E-state index < -0.39 is 42.5 Å². The predicted octanol–water partition coefficient (Wildman–Crippen LogP) is 3.93. The number of hydrogen-bond acceptors (Lipinski definition) is 9. The van der Waals surface area contributed by atoms with Gasteiger partial charge in [0.2, 0.25) is 31.9 Å². The summed E-state index contributed by atoms with van der Waals surface area (Å²) in [6, 6.07) is 3.80. The summed E-state index contributed by atoms with van der Waals surface area (Å²) in [5, 5.41) is 14.2. The van der Waals surface area contributed by atoms with E-state index in [9.17, 15) is 31.2 Å². The summed E-state index contributed by atoms with van der Waals surface area (Å²) in [4.78, 5) is 39.5. The minimum absolute atomic E-state index is 0.0410. The first-order valence-electron chi connectivity index (χ1n) is 19.9. The van der Waals surface area contributed by atoms with E-state index in [0.29, 0.717) is 19.5 Å². The molecular formula is C40H54N6O8S2. The molecule has 0 spiro atoms. The topological polar surface area (TPSA) is 209 Å². The van der Waals surface area contributed by atoms with Crippen LogP contribution in [0, 0.1) is 11.5 Å². The monoisotopic (exact) mass is 810 g/mol. The van der Waals surface area contributed by atoms with Crippen molar-refractivity contribution in [2.75, 3.05) is 18.4 Å². The van der Waals surface area contributed by atoms with Crippen molar-refractivity contribution in [3.63, 3.8) is 0 Å². The maximum atomic E-state index is 12.7. The lowest BCUT2D eigenvalue weighted by Crippen LogP contribution is -2.45. The van der Waals surface area contributed by atoms with Crippen molar-refractivity contribution < 1.29 is 36.0 Å². The molecule has 0 aromatic heterocycles. The number of anilines is 1. The number of carbonyl (C=O) groups excluding carboxylic acids is 3. The Morgan fingerprint density at radius 1 is 0.732 bits per heavy atom. The van der Waals surface area contributed by atoms with E-state index in [0.717, 1.165) is 86.8 Å². The SMILES string of the molecule is CC(C)N1CCC(S(=O)(=O)NC(=O)Nc2c3c(cc4c2CCC4)CCC3)C1=O.CC(C)N1CCC(S(N)(=O)=O)C1=O.N#COc1c2c(cc3c1CCC3)CCC2. The number of urea groups is 1. The minimum Gasteiger partial charge on any atom is -0.387 e. The van der Waals surface area contributed by atoms with Crippen LogP contribution < -0.4 is 19.9 Å². The summed E-state index contributed by atoms with van der Waals surface area (Å²) in [6.45, 7) is 8.28. The molecule has 2 aliphatic heterocycles. The highest BCUT2D eigenvalue weighted by Gasteiger charge is 2.43. The van der Waals surface area contributed by atoms with Crippen LogP contribution in [-0.4, -0.2) is 80.2 Å². The Morgan fingerprint density at radius 3 is 1.54 bits per heavy atom. The van der Waals surface area contributed by atoms with Gasteiger partial charge in [-0.15, -0.1) is 5.26 Å². The van der Waals surface area contributed by atoms with Crippen molar-refractivity contribution in [3.8, 4) is 12.0 Å². The van der Waals surface area contributed by atoms with Gasteiger partial charge in [0.15, 0.2) is 10.5 Å². The first kappa shape index (κ1) is 41.4. The van der Waals surface area contributed by atoms with Crippen molar-refractivity contribution >= 4 is 43.6 Å². The second kappa shape index (κ2) is 16.7. The highest BCUT2D eigenvalue weighted by Crippen LogP contribution is 2.40. The molecule has 0 radical (unpaired) electrons. The van der Waals surface area contributed by atoms with E-state index in [1.807, 2.05) is 34.0 Å². The fraction of sp³-hybridized carbons (Fsp3) is 0.600. The van der Waals surface area contributed by atoms with E-state index in [1.54, 1.807) is 4.90 Å². The molecule has 56 heavy (non-hydrogen) atoms. The van der Waals surface area contributed by atoms with Gasteiger partial charge in [0, 0.05) is 30.9 Å². The minimum atomic E-state index is -4.08. The molecule has 304 valence electrons. The summed E-state index contributed by atoms with van der Waals surface area (Å²) in [7, 11) is -7.79. The Hall–Kier alpha value is -4.20. The lowest BCUT2D eigenvalue weighted by molar-refractivity contribution is -0.129. The number of nitriles is 1. The van der Waals surface area contributed by atoms with Crippen LogP contribution in [0.2, 0.25) is 0 Å².